The second-order valence-electron chi connectivity index (χ2n) is 11.0. The van der Waals surface area contributed by atoms with Crippen molar-refractivity contribution in [3.8, 4) is 5.75 Å². The Morgan fingerprint density at radius 2 is 1.34 bits per heavy atom. The number of nitrogens with one attached hydrogen (secondary N) is 1. The summed E-state index contributed by atoms with van der Waals surface area (Å²) in [5.41, 5.74) is 7.05. The van der Waals surface area contributed by atoms with Crippen molar-refractivity contribution < 1.29 is 5.11 Å². The van der Waals surface area contributed by atoms with Gasteiger partial charge in [0.05, 0.1) is 0 Å². The molecule has 0 fully saturated rings. The topological polar surface area (TPSA) is 32.3 Å². The van der Waals surface area contributed by atoms with Crippen LogP contribution in [-0.4, -0.2) is 5.11 Å². The van der Waals surface area contributed by atoms with Crippen molar-refractivity contribution in [2.75, 3.05) is 5.32 Å². The first-order valence-corrected chi connectivity index (χ1v) is 11.0. The van der Waals surface area contributed by atoms with Gasteiger partial charge < -0.3 is 10.4 Å². The van der Waals surface area contributed by atoms with Gasteiger partial charge >= 0.3 is 0 Å². The second kappa shape index (κ2) is 8.42. The highest BCUT2D eigenvalue weighted by Gasteiger charge is 2.25. The molecule has 160 valence electrons. The maximum atomic E-state index is 11.1. The van der Waals surface area contributed by atoms with Crippen LogP contribution in [0.1, 0.15) is 109 Å². The molecule has 0 amide bonds. The van der Waals surface area contributed by atoms with E-state index in [0.29, 0.717) is 24.1 Å². The molecule has 0 saturated carbocycles. The van der Waals surface area contributed by atoms with Crippen LogP contribution in [-0.2, 0) is 17.4 Å². The lowest BCUT2D eigenvalue weighted by atomic mass is 9.79. The molecule has 29 heavy (non-hydrogen) atoms. The number of phenols is 1. The Morgan fingerprint density at radius 1 is 0.828 bits per heavy atom. The molecule has 2 rings (SSSR count). The number of phenolic OH excluding ortho intramolecular Hbond substituents is 1. The summed E-state index contributed by atoms with van der Waals surface area (Å²) in [6.07, 6.45) is 0. The van der Waals surface area contributed by atoms with Crippen molar-refractivity contribution in [1.82, 2.24) is 0 Å². The van der Waals surface area contributed by atoms with E-state index in [1.807, 2.05) is 0 Å². The van der Waals surface area contributed by atoms with Crippen molar-refractivity contribution in [3.05, 3.63) is 58.1 Å². The van der Waals surface area contributed by atoms with Gasteiger partial charge in [-0.15, -0.1) is 0 Å². The smallest absolute Gasteiger partial charge is 0.124 e. The molecule has 0 atom stereocenters. The third-order valence-corrected chi connectivity index (χ3v) is 5.69. The molecular weight excluding hydrogens is 354 g/mol. The average molecular weight is 396 g/mol. The molecule has 0 aliphatic carbocycles. The largest absolute Gasteiger partial charge is 0.507 e. The van der Waals surface area contributed by atoms with Crippen LogP contribution in [0, 0.1) is 0 Å². The van der Waals surface area contributed by atoms with E-state index < -0.39 is 0 Å². The van der Waals surface area contributed by atoms with Gasteiger partial charge in [-0.25, -0.2) is 0 Å². The van der Waals surface area contributed by atoms with Crippen molar-refractivity contribution in [1.29, 1.82) is 0 Å². The van der Waals surface area contributed by atoms with Crippen molar-refractivity contribution in [2.24, 2.45) is 0 Å². The minimum absolute atomic E-state index is 0.0291. The van der Waals surface area contributed by atoms with Crippen LogP contribution in [0.3, 0.4) is 0 Å². The Morgan fingerprint density at radius 3 is 1.76 bits per heavy atom. The zero-order valence-electron chi connectivity index (χ0n) is 20.2. The molecule has 0 bridgehead atoms. The average Bonchev–Trinajstić information content (AvgIpc) is 2.58. The maximum absolute atomic E-state index is 11.1. The van der Waals surface area contributed by atoms with Crippen LogP contribution >= 0.6 is 0 Å². The number of rotatable bonds is 5. The van der Waals surface area contributed by atoms with E-state index in [-0.39, 0.29) is 10.8 Å². The first-order chi connectivity index (χ1) is 13.2. The maximum Gasteiger partial charge on any atom is 0.124 e. The molecule has 2 aromatic rings. The molecule has 2 aromatic carbocycles. The van der Waals surface area contributed by atoms with Gasteiger partial charge in [0.25, 0.3) is 0 Å². The summed E-state index contributed by atoms with van der Waals surface area (Å²) in [5.74, 6) is 1.30. The Hall–Kier alpha value is -1.96. The van der Waals surface area contributed by atoms with Crippen LogP contribution in [0.2, 0.25) is 0 Å². The Balaban J connectivity index is 2.54. The fourth-order valence-corrected chi connectivity index (χ4v) is 3.77. The predicted molar refractivity (Wildman–Crippen MR) is 127 cm³/mol. The third-order valence-electron chi connectivity index (χ3n) is 5.69. The molecule has 0 aromatic heterocycles. The lowest BCUT2D eigenvalue weighted by Crippen LogP contribution is -2.18. The van der Waals surface area contributed by atoms with E-state index in [0.717, 1.165) is 11.1 Å². The van der Waals surface area contributed by atoms with E-state index in [9.17, 15) is 5.11 Å². The molecule has 0 saturated heterocycles. The number of aromatic hydroxyl groups is 1. The molecule has 0 aliphatic rings. The first-order valence-electron chi connectivity index (χ1n) is 11.0. The van der Waals surface area contributed by atoms with Crippen molar-refractivity contribution in [3.63, 3.8) is 0 Å². The quantitative estimate of drug-likeness (QED) is 0.540. The summed E-state index contributed by atoms with van der Waals surface area (Å²) >= 11 is 0. The molecule has 0 spiro atoms. The third kappa shape index (κ3) is 5.35. The first kappa shape index (κ1) is 23.3. The van der Waals surface area contributed by atoms with Crippen LogP contribution in [0.25, 0.3) is 0 Å². The van der Waals surface area contributed by atoms with E-state index >= 15 is 0 Å². The van der Waals surface area contributed by atoms with Gasteiger partial charge in [0.1, 0.15) is 5.75 Å². The van der Waals surface area contributed by atoms with Crippen molar-refractivity contribution in [2.45, 2.75) is 98.4 Å². The van der Waals surface area contributed by atoms with Crippen LogP contribution < -0.4 is 5.32 Å². The minimum Gasteiger partial charge on any atom is -0.507 e. The molecule has 2 nitrogen and oxygen atoms in total. The standard InChI is InChI=1S/C27H41NO/c1-17(2)21-12-11-13-22(18(3)4)24(21)28-16-19-14-20(26(5,6)7)15-23(25(19)29)27(8,9)10/h11-15,17-18,28-29H,16H2,1-10H3. The Labute approximate surface area is 178 Å². The van der Waals surface area contributed by atoms with Gasteiger partial charge in [0, 0.05) is 17.8 Å². The lowest BCUT2D eigenvalue weighted by molar-refractivity contribution is 0.439. The van der Waals surface area contributed by atoms with Gasteiger partial charge in [-0.2, -0.15) is 0 Å². The van der Waals surface area contributed by atoms with Crippen LogP contribution in [0.4, 0.5) is 5.69 Å². The highest BCUT2D eigenvalue weighted by atomic mass is 16.3. The summed E-state index contributed by atoms with van der Waals surface area (Å²) in [6.45, 7) is 22.7. The fourth-order valence-electron chi connectivity index (χ4n) is 3.77. The number of anilines is 1. The van der Waals surface area contributed by atoms with E-state index in [1.54, 1.807) is 0 Å². The molecule has 0 radical (unpaired) electrons. The Kier molecular flexibility index (Phi) is 6.77. The molecule has 2 N–H and O–H groups in total. The highest BCUT2D eigenvalue weighted by Crippen LogP contribution is 2.39. The highest BCUT2D eigenvalue weighted by molar-refractivity contribution is 5.61. The van der Waals surface area contributed by atoms with E-state index in [1.165, 1.54) is 22.4 Å². The van der Waals surface area contributed by atoms with Gasteiger partial charge in [0.15, 0.2) is 0 Å². The summed E-state index contributed by atoms with van der Waals surface area (Å²) in [5, 5.41) is 14.8. The molecule has 0 unspecified atom stereocenters. The lowest BCUT2D eigenvalue weighted by Gasteiger charge is -2.28. The summed E-state index contributed by atoms with van der Waals surface area (Å²) in [6, 6.07) is 10.9. The number of benzene rings is 2. The van der Waals surface area contributed by atoms with Crippen molar-refractivity contribution >= 4 is 5.69 Å². The van der Waals surface area contributed by atoms with E-state index in [2.05, 4.69) is 105 Å². The van der Waals surface area contributed by atoms with Crippen LogP contribution in [0.15, 0.2) is 30.3 Å². The van der Waals surface area contributed by atoms with Gasteiger partial charge in [0.2, 0.25) is 0 Å². The van der Waals surface area contributed by atoms with E-state index in [4.69, 9.17) is 0 Å². The summed E-state index contributed by atoms with van der Waals surface area (Å²) < 4.78 is 0. The normalized spacial score (nSPS) is 12.7. The Bertz CT molecular complexity index is 822. The number of para-hydroxylation sites is 1. The predicted octanol–water partition coefficient (Wildman–Crippen LogP) is 7.85. The zero-order valence-corrected chi connectivity index (χ0v) is 20.2. The molecular formula is C27H41NO. The number of hydrogen-bond donors (Lipinski definition) is 2. The molecule has 0 heterocycles. The SMILES string of the molecule is CC(C)c1cccc(C(C)C)c1NCc1cc(C(C)(C)C)cc(C(C)(C)C)c1O. The monoisotopic (exact) mass is 395 g/mol. The van der Waals surface area contributed by atoms with Gasteiger partial charge in [-0.05, 0) is 51.0 Å². The number of hydrogen-bond acceptors (Lipinski definition) is 2. The van der Waals surface area contributed by atoms with Crippen LogP contribution in [0.5, 0.6) is 5.75 Å². The van der Waals surface area contributed by atoms with Gasteiger partial charge in [-0.3, -0.25) is 0 Å². The summed E-state index contributed by atoms with van der Waals surface area (Å²) in [4.78, 5) is 0. The second-order valence-corrected chi connectivity index (χ2v) is 11.0. The summed E-state index contributed by atoms with van der Waals surface area (Å²) in [7, 11) is 0. The van der Waals surface area contributed by atoms with Gasteiger partial charge in [-0.1, -0.05) is 93.5 Å². The minimum atomic E-state index is -0.112. The molecule has 2 heteroatoms. The zero-order chi connectivity index (χ0) is 22.1. The molecule has 0 aliphatic heterocycles. The fraction of sp³-hybridized carbons (Fsp3) is 0.556.